The third-order valence-corrected chi connectivity index (χ3v) is 10.7. The van der Waals surface area contributed by atoms with Crippen LogP contribution in [0.25, 0.3) is 0 Å². The molecule has 0 aromatic heterocycles. The Kier molecular flexibility index (Phi) is 12.0. The zero-order chi connectivity index (χ0) is 36.2. The fraction of sp³-hybridized carbons (Fsp3) is 0.176. The van der Waals surface area contributed by atoms with Gasteiger partial charge >= 0.3 is 0 Å². The topological polar surface area (TPSA) is 40.5 Å². The molecular weight excluding hydrogens is 645 g/mol. The molecule has 2 heteroatoms. The highest BCUT2D eigenvalue weighted by Crippen LogP contribution is 2.32. The van der Waals surface area contributed by atoms with E-state index in [-0.39, 0.29) is 19.1 Å². The molecule has 264 valence electrons. The fourth-order valence-electron chi connectivity index (χ4n) is 7.77. The Balaban J connectivity index is 1.15. The lowest BCUT2D eigenvalue weighted by Crippen LogP contribution is -2.06. The minimum absolute atomic E-state index is 0.0533. The molecule has 0 amide bonds. The second-order valence-corrected chi connectivity index (χ2v) is 14.1. The lowest BCUT2D eigenvalue weighted by Gasteiger charge is -2.20. The molecule has 0 fully saturated rings. The molecule has 1 atom stereocenters. The number of aliphatic hydroxyl groups is 2. The molecule has 1 unspecified atom stereocenters. The van der Waals surface area contributed by atoms with Gasteiger partial charge in [0.25, 0.3) is 0 Å². The number of rotatable bonds is 13. The first-order chi connectivity index (χ1) is 26.2. The molecule has 2 N–H and O–H groups in total. The Morgan fingerprint density at radius 1 is 0.377 bits per heavy atom. The number of benzene rings is 6. The second-order valence-electron chi connectivity index (χ2n) is 14.1. The van der Waals surface area contributed by atoms with Gasteiger partial charge in [-0.3, -0.25) is 0 Å². The van der Waals surface area contributed by atoms with Gasteiger partial charge in [0.2, 0.25) is 0 Å². The SMILES string of the molecule is OCc1ccccc1Cc1ccccc1Cc1ccccc1CC1=C/C(c2ccccc2Cc2ccccc2Cc2ccccc2CO)C\C=C/C=C\1. The van der Waals surface area contributed by atoms with E-state index in [0.717, 1.165) is 49.7 Å². The van der Waals surface area contributed by atoms with Crippen LogP contribution in [-0.4, -0.2) is 10.2 Å². The Morgan fingerprint density at radius 2 is 0.717 bits per heavy atom. The van der Waals surface area contributed by atoms with Gasteiger partial charge < -0.3 is 10.2 Å². The second kappa shape index (κ2) is 17.8. The van der Waals surface area contributed by atoms with Crippen molar-refractivity contribution in [3.05, 3.63) is 248 Å². The van der Waals surface area contributed by atoms with E-state index in [1.165, 1.54) is 61.2 Å². The van der Waals surface area contributed by atoms with Crippen LogP contribution in [0.1, 0.15) is 79.1 Å². The summed E-state index contributed by atoms with van der Waals surface area (Å²) >= 11 is 0. The third-order valence-electron chi connectivity index (χ3n) is 10.7. The van der Waals surface area contributed by atoms with E-state index in [4.69, 9.17) is 0 Å². The summed E-state index contributed by atoms with van der Waals surface area (Å²) in [6.45, 7) is 0.107. The maximum Gasteiger partial charge on any atom is 0.0684 e. The number of hydrogen-bond donors (Lipinski definition) is 2. The van der Waals surface area contributed by atoms with Crippen LogP contribution in [0, 0.1) is 0 Å². The maximum absolute atomic E-state index is 9.97. The average Bonchev–Trinajstić information content (AvgIpc) is 3.19. The number of hydrogen-bond acceptors (Lipinski definition) is 2. The lowest BCUT2D eigenvalue weighted by molar-refractivity contribution is 0.280. The van der Waals surface area contributed by atoms with Gasteiger partial charge in [-0.2, -0.15) is 0 Å². The van der Waals surface area contributed by atoms with E-state index in [9.17, 15) is 10.2 Å². The van der Waals surface area contributed by atoms with E-state index in [2.05, 4.69) is 152 Å². The van der Waals surface area contributed by atoms with Gasteiger partial charge in [-0.15, -0.1) is 0 Å². The average molecular weight is 693 g/mol. The van der Waals surface area contributed by atoms with E-state index in [1.807, 2.05) is 24.3 Å². The van der Waals surface area contributed by atoms with Gasteiger partial charge in [-0.1, -0.05) is 176 Å². The van der Waals surface area contributed by atoms with Gasteiger partial charge in [0.05, 0.1) is 13.2 Å². The van der Waals surface area contributed by atoms with Crippen molar-refractivity contribution < 1.29 is 10.2 Å². The van der Waals surface area contributed by atoms with Gasteiger partial charge in [-0.25, -0.2) is 0 Å². The molecule has 0 saturated heterocycles. The van der Waals surface area contributed by atoms with Crippen LogP contribution >= 0.6 is 0 Å². The lowest BCUT2D eigenvalue weighted by atomic mass is 9.84. The Labute approximate surface area is 315 Å². The fourth-order valence-corrected chi connectivity index (χ4v) is 7.77. The smallest absolute Gasteiger partial charge is 0.0684 e. The van der Waals surface area contributed by atoms with Crippen molar-refractivity contribution in [3.63, 3.8) is 0 Å². The van der Waals surface area contributed by atoms with E-state index < -0.39 is 0 Å². The first kappa shape index (κ1) is 35.8. The summed E-state index contributed by atoms with van der Waals surface area (Å²) in [6, 6.07) is 51.8. The van der Waals surface area contributed by atoms with Crippen molar-refractivity contribution in [2.24, 2.45) is 0 Å². The van der Waals surface area contributed by atoms with Crippen LogP contribution in [0.3, 0.4) is 0 Å². The summed E-state index contributed by atoms with van der Waals surface area (Å²) in [5, 5.41) is 19.9. The van der Waals surface area contributed by atoms with Gasteiger partial charge in [0.1, 0.15) is 0 Å². The monoisotopic (exact) mass is 692 g/mol. The van der Waals surface area contributed by atoms with Gasteiger partial charge in [0, 0.05) is 5.92 Å². The Hall–Kier alpha value is -5.54. The number of allylic oxidation sites excluding steroid dienone is 6. The summed E-state index contributed by atoms with van der Waals surface area (Å²) in [5.41, 5.74) is 16.3. The first-order valence-electron chi connectivity index (χ1n) is 18.9. The van der Waals surface area contributed by atoms with Crippen LogP contribution in [0.2, 0.25) is 0 Å². The molecule has 1 aliphatic rings. The van der Waals surface area contributed by atoms with Crippen LogP contribution in [0.5, 0.6) is 0 Å². The van der Waals surface area contributed by atoms with Crippen molar-refractivity contribution in [3.8, 4) is 0 Å². The minimum Gasteiger partial charge on any atom is -0.392 e. The van der Waals surface area contributed by atoms with Crippen molar-refractivity contribution >= 4 is 0 Å². The molecule has 0 radical (unpaired) electrons. The van der Waals surface area contributed by atoms with Crippen LogP contribution in [0.15, 0.2) is 182 Å². The largest absolute Gasteiger partial charge is 0.392 e. The molecule has 6 aromatic carbocycles. The summed E-state index contributed by atoms with van der Waals surface area (Å²) in [7, 11) is 0. The minimum atomic E-state index is 0.0533. The molecule has 0 heterocycles. The normalized spacial score (nSPS) is 16.3. The summed E-state index contributed by atoms with van der Waals surface area (Å²) < 4.78 is 0. The summed E-state index contributed by atoms with van der Waals surface area (Å²) in [6.07, 6.45) is 16.6. The molecule has 53 heavy (non-hydrogen) atoms. The highest BCUT2D eigenvalue weighted by molar-refractivity contribution is 5.46. The molecule has 2 nitrogen and oxygen atoms in total. The first-order valence-corrected chi connectivity index (χ1v) is 18.9. The van der Waals surface area contributed by atoms with Crippen molar-refractivity contribution in [2.45, 2.75) is 57.7 Å². The summed E-state index contributed by atoms with van der Waals surface area (Å²) in [5.74, 6) is 0.254. The molecule has 0 saturated carbocycles. The Morgan fingerprint density at radius 3 is 1.15 bits per heavy atom. The van der Waals surface area contributed by atoms with Crippen LogP contribution in [0.4, 0.5) is 0 Å². The van der Waals surface area contributed by atoms with Crippen LogP contribution in [-0.2, 0) is 45.3 Å². The predicted molar refractivity (Wildman–Crippen MR) is 219 cm³/mol. The van der Waals surface area contributed by atoms with Crippen LogP contribution < -0.4 is 0 Å². The molecule has 1 aliphatic carbocycles. The summed E-state index contributed by atoms with van der Waals surface area (Å²) in [4.78, 5) is 0. The van der Waals surface area contributed by atoms with Gasteiger partial charge in [0.15, 0.2) is 0 Å². The van der Waals surface area contributed by atoms with E-state index in [0.29, 0.717) is 0 Å². The molecule has 7 rings (SSSR count). The van der Waals surface area contributed by atoms with Gasteiger partial charge in [-0.05, 0) is 111 Å². The molecule has 0 aliphatic heterocycles. The third kappa shape index (κ3) is 9.10. The predicted octanol–water partition coefficient (Wildman–Crippen LogP) is 10.8. The number of aliphatic hydroxyl groups excluding tert-OH is 2. The zero-order valence-electron chi connectivity index (χ0n) is 30.4. The molecule has 0 bridgehead atoms. The Bertz CT molecular complexity index is 2240. The molecular formula is C51H48O2. The van der Waals surface area contributed by atoms with Crippen molar-refractivity contribution in [1.29, 1.82) is 0 Å². The zero-order valence-corrected chi connectivity index (χ0v) is 30.4. The maximum atomic E-state index is 9.97. The van der Waals surface area contributed by atoms with Crippen molar-refractivity contribution in [2.75, 3.05) is 0 Å². The van der Waals surface area contributed by atoms with E-state index >= 15 is 0 Å². The standard InChI is InChI=1S/C51H48O2/c52-36-49-27-12-10-23-45(49)33-42-20-7-6-19-41(42)32-40-18-5-4-17-39(40)30-38-16-2-1-3-25-47(31-38)51-29-15-14-26-48(51)35-44-22-9-8-21-43(44)34-46-24-11-13-28-50(46)37-53/h1-24,26-29,31,47,52-53H,25,30,32-37H2/b3-1-,16-2-,38-31+. The van der Waals surface area contributed by atoms with Crippen molar-refractivity contribution in [1.82, 2.24) is 0 Å². The molecule has 0 spiro atoms. The van der Waals surface area contributed by atoms with E-state index in [1.54, 1.807) is 0 Å². The highest BCUT2D eigenvalue weighted by atomic mass is 16.3. The molecule has 6 aromatic rings. The highest BCUT2D eigenvalue weighted by Gasteiger charge is 2.17. The quantitative estimate of drug-likeness (QED) is 0.126.